The normalized spacial score (nSPS) is 11.0. The number of benzene rings is 1. The lowest BCUT2D eigenvalue weighted by molar-refractivity contribution is 0.390. The van der Waals surface area contributed by atoms with E-state index in [1.54, 1.807) is 13.3 Å². The second-order valence-electron chi connectivity index (χ2n) is 5.44. The first-order valence-electron chi connectivity index (χ1n) is 7.96. The van der Waals surface area contributed by atoms with Crippen LogP contribution < -0.4 is 10.1 Å². The van der Waals surface area contributed by atoms with E-state index in [1.165, 1.54) is 5.52 Å². The average Bonchev–Trinajstić information content (AvgIpc) is 2.94. The van der Waals surface area contributed by atoms with Crippen LogP contribution in [0.5, 0.6) is 5.88 Å². The molecule has 5 heteroatoms. The van der Waals surface area contributed by atoms with Crippen molar-refractivity contribution in [3.05, 3.63) is 54.0 Å². The van der Waals surface area contributed by atoms with Gasteiger partial charge in [0, 0.05) is 24.8 Å². The minimum atomic E-state index is 0.669. The summed E-state index contributed by atoms with van der Waals surface area (Å²) in [6, 6.07) is 12.2. The summed E-state index contributed by atoms with van der Waals surface area (Å²) in [6.45, 7) is 4.58. The van der Waals surface area contributed by atoms with Crippen LogP contribution in [0.4, 0.5) is 0 Å². The Hall–Kier alpha value is -2.40. The Bertz CT molecular complexity index is 782. The number of hydrogen-bond acceptors (Lipinski definition) is 4. The third-order valence-electron chi connectivity index (χ3n) is 3.82. The van der Waals surface area contributed by atoms with E-state index < -0.39 is 0 Å². The summed E-state index contributed by atoms with van der Waals surface area (Å²) in [6.07, 6.45) is 2.83. The summed E-state index contributed by atoms with van der Waals surface area (Å²) in [5.41, 5.74) is 3.30. The monoisotopic (exact) mass is 310 g/mol. The SMILES string of the molecule is CCCn1c(CNCc2cccnc2OC)nc2ccccc21. The molecular weight excluding hydrogens is 288 g/mol. The van der Waals surface area contributed by atoms with Gasteiger partial charge in [0.25, 0.3) is 0 Å². The van der Waals surface area contributed by atoms with Crippen molar-refractivity contribution >= 4 is 11.0 Å². The lowest BCUT2D eigenvalue weighted by Gasteiger charge is -2.10. The van der Waals surface area contributed by atoms with E-state index in [9.17, 15) is 0 Å². The van der Waals surface area contributed by atoms with Crippen LogP contribution in [0.3, 0.4) is 0 Å². The van der Waals surface area contributed by atoms with Crippen molar-refractivity contribution in [1.82, 2.24) is 19.9 Å². The van der Waals surface area contributed by atoms with Crippen molar-refractivity contribution in [1.29, 1.82) is 0 Å². The molecule has 0 aliphatic rings. The van der Waals surface area contributed by atoms with Gasteiger partial charge in [-0.15, -0.1) is 0 Å². The molecule has 0 aliphatic carbocycles. The molecule has 3 rings (SSSR count). The number of aromatic nitrogens is 3. The highest BCUT2D eigenvalue weighted by Crippen LogP contribution is 2.17. The number of para-hydroxylation sites is 2. The predicted molar refractivity (Wildman–Crippen MR) is 91.4 cm³/mol. The molecule has 0 radical (unpaired) electrons. The number of imidazole rings is 1. The summed E-state index contributed by atoms with van der Waals surface area (Å²) in [7, 11) is 1.65. The molecule has 120 valence electrons. The quantitative estimate of drug-likeness (QED) is 0.728. The van der Waals surface area contributed by atoms with E-state index in [0.29, 0.717) is 19.0 Å². The molecule has 0 fully saturated rings. The Morgan fingerprint density at radius 1 is 1.13 bits per heavy atom. The van der Waals surface area contributed by atoms with E-state index in [1.807, 2.05) is 18.2 Å². The van der Waals surface area contributed by atoms with Crippen LogP contribution in [0, 0.1) is 0 Å². The van der Waals surface area contributed by atoms with Gasteiger partial charge >= 0.3 is 0 Å². The standard InChI is InChI=1S/C18H22N4O/c1-3-11-22-16-9-5-4-8-15(16)21-17(22)13-19-12-14-7-6-10-20-18(14)23-2/h4-10,19H,3,11-13H2,1-2H3. The molecule has 1 aromatic carbocycles. The fraction of sp³-hybridized carbons (Fsp3) is 0.333. The van der Waals surface area contributed by atoms with Crippen molar-refractivity contribution in [2.75, 3.05) is 7.11 Å². The first kappa shape index (κ1) is 15.5. The lowest BCUT2D eigenvalue weighted by Crippen LogP contribution is -2.17. The van der Waals surface area contributed by atoms with Gasteiger partial charge in [-0.05, 0) is 24.6 Å². The van der Waals surface area contributed by atoms with Gasteiger partial charge in [-0.3, -0.25) is 0 Å². The van der Waals surface area contributed by atoms with Crippen LogP contribution in [0.25, 0.3) is 11.0 Å². The molecule has 0 spiro atoms. The van der Waals surface area contributed by atoms with Gasteiger partial charge in [0.2, 0.25) is 5.88 Å². The molecule has 5 nitrogen and oxygen atoms in total. The topological polar surface area (TPSA) is 52.0 Å². The van der Waals surface area contributed by atoms with E-state index in [2.05, 4.69) is 40.0 Å². The molecule has 23 heavy (non-hydrogen) atoms. The van der Waals surface area contributed by atoms with Crippen LogP contribution in [0.2, 0.25) is 0 Å². The molecule has 2 aromatic heterocycles. The number of methoxy groups -OCH3 is 1. The first-order valence-corrected chi connectivity index (χ1v) is 7.96. The summed E-state index contributed by atoms with van der Waals surface area (Å²) in [4.78, 5) is 8.98. The minimum absolute atomic E-state index is 0.669. The number of nitrogens with zero attached hydrogens (tertiary/aromatic N) is 3. The highest BCUT2D eigenvalue weighted by Gasteiger charge is 2.10. The van der Waals surface area contributed by atoms with Crippen LogP contribution in [-0.4, -0.2) is 21.6 Å². The maximum Gasteiger partial charge on any atom is 0.217 e. The number of hydrogen-bond donors (Lipinski definition) is 1. The average molecular weight is 310 g/mol. The number of fused-ring (bicyclic) bond motifs is 1. The summed E-state index contributed by atoms with van der Waals surface area (Å²) in [5, 5.41) is 3.45. The zero-order chi connectivity index (χ0) is 16.1. The number of aryl methyl sites for hydroxylation is 1. The minimum Gasteiger partial charge on any atom is -0.481 e. The first-order chi connectivity index (χ1) is 11.3. The molecule has 0 unspecified atom stereocenters. The molecule has 0 aliphatic heterocycles. The van der Waals surface area contributed by atoms with Crippen LogP contribution in [-0.2, 0) is 19.6 Å². The lowest BCUT2D eigenvalue weighted by atomic mass is 10.2. The molecule has 1 N–H and O–H groups in total. The van der Waals surface area contributed by atoms with E-state index >= 15 is 0 Å². The largest absolute Gasteiger partial charge is 0.481 e. The second-order valence-corrected chi connectivity index (χ2v) is 5.44. The summed E-state index contributed by atoms with van der Waals surface area (Å²) < 4.78 is 7.58. The second kappa shape index (κ2) is 7.24. The Morgan fingerprint density at radius 3 is 2.83 bits per heavy atom. The van der Waals surface area contributed by atoms with Crippen LogP contribution >= 0.6 is 0 Å². The van der Waals surface area contributed by atoms with Gasteiger partial charge in [0.1, 0.15) is 5.82 Å². The Kier molecular flexibility index (Phi) is 4.88. The number of pyridine rings is 1. The van der Waals surface area contributed by atoms with Crippen LogP contribution in [0.15, 0.2) is 42.6 Å². The molecular formula is C18H22N4O. The highest BCUT2D eigenvalue weighted by atomic mass is 16.5. The molecule has 3 aromatic rings. The molecule has 0 atom stereocenters. The van der Waals surface area contributed by atoms with Crippen molar-refractivity contribution < 1.29 is 4.74 Å². The smallest absolute Gasteiger partial charge is 0.217 e. The fourth-order valence-electron chi connectivity index (χ4n) is 2.78. The maximum atomic E-state index is 5.29. The number of rotatable bonds is 7. The van der Waals surface area contributed by atoms with Gasteiger partial charge < -0.3 is 14.6 Å². The fourth-order valence-corrected chi connectivity index (χ4v) is 2.78. The molecule has 0 amide bonds. The summed E-state index contributed by atoms with van der Waals surface area (Å²) >= 11 is 0. The van der Waals surface area contributed by atoms with Gasteiger partial charge in [-0.2, -0.15) is 0 Å². The molecule has 0 saturated heterocycles. The Balaban J connectivity index is 1.75. The highest BCUT2D eigenvalue weighted by molar-refractivity contribution is 5.75. The van der Waals surface area contributed by atoms with E-state index in [-0.39, 0.29) is 0 Å². The summed E-state index contributed by atoms with van der Waals surface area (Å²) in [5.74, 6) is 1.73. The third kappa shape index (κ3) is 3.35. The molecule has 0 bridgehead atoms. The molecule has 0 saturated carbocycles. The van der Waals surface area contributed by atoms with Gasteiger partial charge in [-0.1, -0.05) is 25.1 Å². The number of ether oxygens (including phenoxy) is 1. The van der Waals surface area contributed by atoms with Crippen LogP contribution in [0.1, 0.15) is 24.7 Å². The van der Waals surface area contributed by atoms with E-state index in [4.69, 9.17) is 9.72 Å². The zero-order valence-electron chi connectivity index (χ0n) is 13.6. The van der Waals surface area contributed by atoms with E-state index in [0.717, 1.165) is 29.9 Å². The zero-order valence-corrected chi connectivity index (χ0v) is 13.6. The third-order valence-corrected chi connectivity index (χ3v) is 3.82. The molecule has 2 heterocycles. The van der Waals surface area contributed by atoms with Gasteiger partial charge in [-0.25, -0.2) is 9.97 Å². The number of nitrogens with one attached hydrogen (secondary N) is 1. The van der Waals surface area contributed by atoms with Gasteiger partial charge in [0.05, 0.1) is 24.7 Å². The van der Waals surface area contributed by atoms with Crippen molar-refractivity contribution in [3.8, 4) is 5.88 Å². The maximum absolute atomic E-state index is 5.29. The van der Waals surface area contributed by atoms with Crippen molar-refractivity contribution in [3.63, 3.8) is 0 Å². The van der Waals surface area contributed by atoms with Gasteiger partial charge in [0.15, 0.2) is 0 Å². The van der Waals surface area contributed by atoms with Crippen molar-refractivity contribution in [2.45, 2.75) is 33.0 Å². The predicted octanol–water partition coefficient (Wildman–Crippen LogP) is 3.14. The van der Waals surface area contributed by atoms with Crippen molar-refractivity contribution in [2.24, 2.45) is 0 Å². The Labute approximate surface area is 136 Å². The Morgan fingerprint density at radius 2 is 2.00 bits per heavy atom.